The smallest absolute Gasteiger partial charge is 0.422 e. The van der Waals surface area contributed by atoms with E-state index in [-0.39, 0.29) is 24.1 Å². The number of pyridine rings is 2. The van der Waals surface area contributed by atoms with Crippen LogP contribution in [0.5, 0.6) is 5.88 Å². The molecule has 1 aliphatic heterocycles. The van der Waals surface area contributed by atoms with Crippen LogP contribution in [0.3, 0.4) is 0 Å². The predicted molar refractivity (Wildman–Crippen MR) is 130 cm³/mol. The van der Waals surface area contributed by atoms with E-state index in [1.54, 1.807) is 36.1 Å². The number of aryl methyl sites for hydroxylation is 1. The van der Waals surface area contributed by atoms with Crippen LogP contribution >= 0.6 is 0 Å². The zero-order valence-electron chi connectivity index (χ0n) is 20.3. The van der Waals surface area contributed by atoms with Crippen molar-refractivity contribution in [3.05, 3.63) is 41.9 Å². The fraction of sp³-hybridized carbons (Fsp3) is 0.478. The van der Waals surface area contributed by atoms with Crippen LogP contribution in [0.25, 0.3) is 10.9 Å². The largest absolute Gasteiger partial charge is 0.468 e. The van der Waals surface area contributed by atoms with Gasteiger partial charge in [-0.25, -0.2) is 22.7 Å². The number of nitrogens with one attached hydrogen (secondary N) is 1. The van der Waals surface area contributed by atoms with Gasteiger partial charge in [0.15, 0.2) is 6.61 Å². The number of hydrogen-bond acceptors (Lipinski definition) is 7. The molecule has 4 heterocycles. The number of nitrogens with zero attached hydrogens (tertiary/aromatic N) is 5. The Morgan fingerprint density at radius 1 is 1.24 bits per heavy atom. The second kappa shape index (κ2) is 10.6. The first-order valence-corrected chi connectivity index (χ1v) is 13.4. The van der Waals surface area contributed by atoms with Crippen LogP contribution in [0.4, 0.5) is 19.0 Å². The number of carbonyl (C=O) groups is 1. The Morgan fingerprint density at radius 3 is 2.62 bits per heavy atom. The van der Waals surface area contributed by atoms with E-state index in [1.807, 2.05) is 0 Å². The Labute approximate surface area is 211 Å². The second-order valence-corrected chi connectivity index (χ2v) is 11.1. The third kappa shape index (κ3) is 7.16. The standard InChI is InChI=1S/C23H27F3N6O4S/c1-15-9-17(11-28-22(15)36-14-23(24,25)26)12-31-13-18-19(30-31)3-6-27-21(18)29-20(33)10-16-4-7-32(8-5-16)37(2,34)35/h3,6,9,11,13,16H,4-5,7-8,10,12,14H2,1-2H3,(H,27,29,33). The summed E-state index contributed by atoms with van der Waals surface area (Å²) >= 11 is 0. The van der Waals surface area contributed by atoms with Crippen LogP contribution < -0.4 is 10.1 Å². The van der Waals surface area contributed by atoms with Crippen molar-refractivity contribution >= 4 is 32.7 Å². The van der Waals surface area contributed by atoms with Crippen LogP contribution in [0.2, 0.25) is 0 Å². The maximum atomic E-state index is 12.7. The Balaban J connectivity index is 1.39. The summed E-state index contributed by atoms with van der Waals surface area (Å²) in [6.07, 6.45) is 2.93. The van der Waals surface area contributed by atoms with E-state index in [9.17, 15) is 26.4 Å². The second-order valence-electron chi connectivity index (χ2n) is 9.15. The lowest BCUT2D eigenvalue weighted by Crippen LogP contribution is -2.38. The maximum Gasteiger partial charge on any atom is 0.422 e. The summed E-state index contributed by atoms with van der Waals surface area (Å²) in [4.78, 5) is 21.0. The highest BCUT2D eigenvalue weighted by atomic mass is 32.2. The molecule has 4 rings (SSSR count). The minimum atomic E-state index is -4.45. The lowest BCUT2D eigenvalue weighted by Gasteiger charge is -2.29. The van der Waals surface area contributed by atoms with Crippen molar-refractivity contribution < 1.29 is 31.1 Å². The van der Waals surface area contributed by atoms with Gasteiger partial charge in [0, 0.05) is 43.7 Å². The van der Waals surface area contributed by atoms with Gasteiger partial charge in [-0.15, -0.1) is 0 Å². The number of anilines is 1. The first-order valence-electron chi connectivity index (χ1n) is 11.6. The average Bonchev–Trinajstić information content (AvgIpc) is 3.21. The van der Waals surface area contributed by atoms with Crippen molar-refractivity contribution in [1.29, 1.82) is 0 Å². The van der Waals surface area contributed by atoms with Crippen molar-refractivity contribution in [3.63, 3.8) is 0 Å². The Bertz CT molecular complexity index is 1380. The Morgan fingerprint density at radius 2 is 1.97 bits per heavy atom. The third-order valence-corrected chi connectivity index (χ3v) is 7.36. The molecule has 1 saturated heterocycles. The molecule has 1 aliphatic rings. The van der Waals surface area contributed by atoms with Gasteiger partial charge in [-0.3, -0.25) is 9.48 Å². The van der Waals surface area contributed by atoms with Crippen molar-refractivity contribution in [2.75, 3.05) is 31.3 Å². The molecule has 0 atom stereocenters. The number of halogens is 3. The summed E-state index contributed by atoms with van der Waals surface area (Å²) in [5.41, 5.74) is 1.79. The van der Waals surface area contributed by atoms with Crippen molar-refractivity contribution in [3.8, 4) is 5.88 Å². The number of aromatic nitrogens is 4. The molecule has 0 bridgehead atoms. The molecular weight excluding hydrogens is 513 g/mol. The van der Waals surface area contributed by atoms with Gasteiger partial charge >= 0.3 is 6.18 Å². The highest BCUT2D eigenvalue weighted by Crippen LogP contribution is 2.25. The quantitative estimate of drug-likeness (QED) is 0.466. The minimum absolute atomic E-state index is 0.0807. The summed E-state index contributed by atoms with van der Waals surface area (Å²) in [5, 5.41) is 7.97. The number of carbonyl (C=O) groups excluding carboxylic acids is 1. The topological polar surface area (TPSA) is 119 Å². The summed E-state index contributed by atoms with van der Waals surface area (Å²) in [6.45, 7) is 1.31. The molecule has 0 aliphatic carbocycles. The molecule has 0 unspecified atom stereocenters. The number of piperidine rings is 1. The van der Waals surface area contributed by atoms with Crippen LogP contribution in [0.15, 0.2) is 30.7 Å². The molecule has 37 heavy (non-hydrogen) atoms. The van der Waals surface area contributed by atoms with Gasteiger partial charge in [0.25, 0.3) is 0 Å². The molecule has 0 aromatic carbocycles. The monoisotopic (exact) mass is 540 g/mol. The molecule has 3 aromatic rings. The fourth-order valence-electron chi connectivity index (χ4n) is 4.26. The Kier molecular flexibility index (Phi) is 7.69. The number of hydrogen-bond donors (Lipinski definition) is 1. The molecule has 1 fully saturated rings. The average molecular weight is 541 g/mol. The van der Waals surface area contributed by atoms with Gasteiger partial charge in [-0.2, -0.15) is 18.3 Å². The van der Waals surface area contributed by atoms with Gasteiger partial charge < -0.3 is 10.1 Å². The summed E-state index contributed by atoms with van der Waals surface area (Å²) in [6, 6.07) is 3.39. The maximum absolute atomic E-state index is 12.7. The number of amides is 1. The number of ether oxygens (including phenoxy) is 1. The number of rotatable bonds is 8. The highest BCUT2D eigenvalue weighted by Gasteiger charge is 2.29. The molecule has 3 aromatic heterocycles. The molecule has 200 valence electrons. The molecule has 0 saturated carbocycles. The van der Waals surface area contributed by atoms with Crippen LogP contribution in [0, 0.1) is 12.8 Å². The zero-order chi connectivity index (χ0) is 26.8. The highest BCUT2D eigenvalue weighted by molar-refractivity contribution is 7.88. The van der Waals surface area contributed by atoms with E-state index in [0.29, 0.717) is 60.3 Å². The van der Waals surface area contributed by atoms with E-state index in [0.717, 1.165) is 0 Å². The van der Waals surface area contributed by atoms with Crippen LogP contribution in [-0.2, 0) is 21.4 Å². The van der Waals surface area contributed by atoms with Crippen LogP contribution in [-0.4, -0.2) is 70.5 Å². The Hall–Kier alpha value is -3.26. The lowest BCUT2D eigenvalue weighted by molar-refractivity contribution is -0.154. The summed E-state index contributed by atoms with van der Waals surface area (Å²) in [7, 11) is -3.22. The fourth-order valence-corrected chi connectivity index (χ4v) is 5.13. The van der Waals surface area contributed by atoms with Crippen LogP contribution in [0.1, 0.15) is 30.4 Å². The SMILES string of the molecule is Cc1cc(Cn2cc3c(NC(=O)CC4CCN(S(C)(=O)=O)CC4)nccc3n2)cnc1OCC(F)(F)F. The van der Waals surface area contributed by atoms with Gasteiger partial charge in [-0.1, -0.05) is 0 Å². The zero-order valence-corrected chi connectivity index (χ0v) is 21.1. The molecule has 10 nitrogen and oxygen atoms in total. The first-order chi connectivity index (χ1) is 17.4. The molecule has 1 N–H and O–H groups in total. The minimum Gasteiger partial charge on any atom is -0.468 e. The van der Waals surface area contributed by atoms with E-state index in [1.165, 1.54) is 16.8 Å². The molecule has 0 spiro atoms. The number of sulfonamides is 1. The normalized spacial score (nSPS) is 15.7. The van der Waals surface area contributed by atoms with Crippen molar-refractivity contribution in [2.24, 2.45) is 5.92 Å². The van der Waals surface area contributed by atoms with E-state index < -0.39 is 22.8 Å². The third-order valence-electron chi connectivity index (χ3n) is 6.06. The first kappa shape index (κ1) is 26.8. The van der Waals surface area contributed by atoms with E-state index in [4.69, 9.17) is 4.74 Å². The summed E-state index contributed by atoms with van der Waals surface area (Å²) < 4.78 is 68.4. The summed E-state index contributed by atoms with van der Waals surface area (Å²) in [5.74, 6) is 0.161. The van der Waals surface area contributed by atoms with Gasteiger partial charge in [-0.05, 0) is 43.4 Å². The molecule has 0 radical (unpaired) electrons. The number of fused-ring (bicyclic) bond motifs is 1. The van der Waals surface area contributed by atoms with E-state index in [2.05, 4.69) is 20.4 Å². The van der Waals surface area contributed by atoms with Gasteiger partial charge in [0.2, 0.25) is 21.8 Å². The van der Waals surface area contributed by atoms with Crippen molar-refractivity contribution in [1.82, 2.24) is 24.1 Å². The predicted octanol–water partition coefficient (Wildman–Crippen LogP) is 3.12. The molecule has 14 heteroatoms. The van der Waals surface area contributed by atoms with Crippen molar-refractivity contribution in [2.45, 2.75) is 38.9 Å². The molecule has 1 amide bonds. The number of alkyl halides is 3. The lowest BCUT2D eigenvalue weighted by atomic mass is 9.94. The molecular formula is C23H27F3N6O4S. The van der Waals surface area contributed by atoms with Gasteiger partial charge in [0.05, 0.1) is 23.7 Å². The van der Waals surface area contributed by atoms with E-state index >= 15 is 0 Å². The van der Waals surface area contributed by atoms with Gasteiger partial charge in [0.1, 0.15) is 5.82 Å².